The lowest BCUT2D eigenvalue weighted by Crippen LogP contribution is -2.30. The smallest absolute Gasteiger partial charge is 0.233 e. The van der Waals surface area contributed by atoms with E-state index >= 15 is 0 Å². The van der Waals surface area contributed by atoms with Crippen LogP contribution in [0.1, 0.15) is 23.5 Å². The van der Waals surface area contributed by atoms with Crippen molar-refractivity contribution in [1.82, 2.24) is 10.3 Å². The maximum absolute atomic E-state index is 10.8. The van der Waals surface area contributed by atoms with E-state index in [1.165, 1.54) is 5.01 Å². The Kier molecular flexibility index (Phi) is 12.0. The third-order valence-corrected chi connectivity index (χ3v) is 3.02. The first-order valence-corrected chi connectivity index (χ1v) is 5.98. The van der Waals surface area contributed by atoms with Gasteiger partial charge in [0.15, 0.2) is 0 Å². The number of nitrogens with two attached hydrogens (primary N) is 1. The van der Waals surface area contributed by atoms with Gasteiger partial charge >= 0.3 is 0 Å². The number of aryl methyl sites for hydroxylation is 2. The van der Waals surface area contributed by atoms with E-state index in [2.05, 4.69) is 15.7 Å². The van der Waals surface area contributed by atoms with Crippen LogP contribution in [-0.4, -0.2) is 24.0 Å². The minimum absolute atomic E-state index is 0. The van der Waals surface area contributed by atoms with Gasteiger partial charge < -0.3 is 11.1 Å². The van der Waals surface area contributed by atoms with Crippen molar-refractivity contribution in [2.24, 2.45) is 5.73 Å². The van der Waals surface area contributed by atoms with Crippen molar-refractivity contribution in [2.45, 2.75) is 26.2 Å². The van der Waals surface area contributed by atoms with E-state index in [-0.39, 0.29) is 37.3 Å². The van der Waals surface area contributed by atoms with Crippen LogP contribution in [-0.2, 0) is 11.2 Å². The Morgan fingerprint density at radius 2 is 2.18 bits per heavy atom. The molecule has 4 nitrogen and oxygen atoms in total. The van der Waals surface area contributed by atoms with Crippen LogP contribution in [0.4, 0.5) is 0 Å². The molecule has 1 aromatic rings. The summed E-state index contributed by atoms with van der Waals surface area (Å²) in [5, 5.41) is 5.98. The summed E-state index contributed by atoms with van der Waals surface area (Å²) in [7, 11) is 0. The molecular weight excluding hydrogens is 281 g/mol. The normalized spacial score (nSPS) is 9.06. The average molecular weight is 300 g/mol. The lowest BCUT2D eigenvalue weighted by Gasteiger charge is -2.01. The van der Waals surface area contributed by atoms with Crippen molar-refractivity contribution in [3.05, 3.63) is 16.1 Å². The minimum Gasteiger partial charge on any atom is -0.355 e. The highest BCUT2D eigenvalue weighted by molar-refractivity contribution is 7.09. The Morgan fingerprint density at radius 1 is 1.47 bits per heavy atom. The van der Waals surface area contributed by atoms with Crippen LogP contribution in [0.5, 0.6) is 0 Å². The van der Waals surface area contributed by atoms with Crippen LogP contribution >= 0.6 is 36.2 Å². The molecule has 0 aliphatic carbocycles. The van der Waals surface area contributed by atoms with Crippen molar-refractivity contribution in [3.63, 3.8) is 0 Å². The van der Waals surface area contributed by atoms with Gasteiger partial charge in [0.25, 0.3) is 0 Å². The van der Waals surface area contributed by atoms with Gasteiger partial charge in [-0.05, 0) is 26.2 Å². The monoisotopic (exact) mass is 299 g/mol. The molecule has 1 rings (SSSR count). The predicted octanol–water partition coefficient (Wildman–Crippen LogP) is 1.69. The molecule has 0 radical (unpaired) electrons. The molecule has 0 aliphatic heterocycles. The molecule has 1 heterocycles. The number of unbranched alkanes of at least 4 members (excludes halogenated alkanes) is 1. The van der Waals surface area contributed by atoms with Crippen molar-refractivity contribution in [2.75, 3.05) is 13.1 Å². The maximum atomic E-state index is 10.8. The molecule has 17 heavy (non-hydrogen) atoms. The molecule has 0 fully saturated rings. The Bertz CT molecular complexity index is 320. The number of nitrogens with one attached hydrogen (secondary N) is 1. The van der Waals surface area contributed by atoms with E-state index in [0.717, 1.165) is 25.0 Å². The number of nitrogens with zero attached hydrogens (tertiary/aromatic N) is 1. The van der Waals surface area contributed by atoms with Gasteiger partial charge in [-0.2, -0.15) is 0 Å². The summed E-state index contributed by atoms with van der Waals surface area (Å²) in [4.78, 5) is 15.2. The summed E-state index contributed by atoms with van der Waals surface area (Å²) in [5.74, 6) is -0.0832. The number of aromatic nitrogens is 1. The van der Waals surface area contributed by atoms with Gasteiger partial charge in [0.05, 0.1) is 11.6 Å². The molecule has 0 atom stereocenters. The zero-order valence-corrected chi connectivity index (χ0v) is 12.2. The zero-order chi connectivity index (χ0) is 11.1. The molecule has 0 spiro atoms. The summed E-state index contributed by atoms with van der Waals surface area (Å²) >= 11 is 1.70. The third-order valence-electron chi connectivity index (χ3n) is 1.99. The fourth-order valence-electron chi connectivity index (χ4n) is 1.22. The molecule has 1 aromatic heterocycles. The van der Waals surface area contributed by atoms with Crippen LogP contribution < -0.4 is 11.1 Å². The molecule has 0 bridgehead atoms. The number of hydrogen-bond acceptors (Lipinski definition) is 4. The van der Waals surface area contributed by atoms with Gasteiger partial charge in [-0.25, -0.2) is 4.98 Å². The molecule has 0 saturated carbocycles. The Morgan fingerprint density at radius 3 is 2.71 bits per heavy atom. The van der Waals surface area contributed by atoms with Crippen LogP contribution in [0.3, 0.4) is 0 Å². The van der Waals surface area contributed by atoms with Crippen LogP contribution in [0.25, 0.3) is 0 Å². The second kappa shape index (κ2) is 10.8. The first kappa shape index (κ1) is 19.0. The van der Waals surface area contributed by atoms with Crippen molar-refractivity contribution in [3.8, 4) is 0 Å². The lowest BCUT2D eigenvalue weighted by molar-refractivity contribution is -0.119. The first-order valence-electron chi connectivity index (χ1n) is 5.10. The standard InChI is InChI=1S/C10H17N3OS.2ClH/c1-8-7-15-10(13-8)4-2-3-5-12-9(14)6-11;;/h7H,2-6,11H2,1H3,(H,12,14);2*1H. The molecule has 100 valence electrons. The van der Waals surface area contributed by atoms with Gasteiger partial charge in [-0.1, -0.05) is 0 Å². The Hall–Kier alpha value is -0.360. The summed E-state index contributed by atoms with van der Waals surface area (Å²) in [6.45, 7) is 2.79. The SMILES string of the molecule is Cc1csc(CCCCNC(=O)CN)n1.Cl.Cl. The van der Waals surface area contributed by atoms with Gasteiger partial charge in [-0.3, -0.25) is 4.79 Å². The molecule has 0 saturated heterocycles. The highest BCUT2D eigenvalue weighted by Gasteiger charge is 1.99. The number of thiazole rings is 1. The molecular formula is C10H19Cl2N3OS. The quantitative estimate of drug-likeness (QED) is 0.786. The van der Waals surface area contributed by atoms with Crippen LogP contribution in [0, 0.1) is 6.92 Å². The topological polar surface area (TPSA) is 68.0 Å². The van der Waals surface area contributed by atoms with Crippen molar-refractivity contribution < 1.29 is 4.79 Å². The van der Waals surface area contributed by atoms with Gasteiger partial charge in [0, 0.05) is 17.6 Å². The average Bonchev–Trinajstić information content (AvgIpc) is 2.63. The minimum atomic E-state index is -0.0832. The fraction of sp³-hybridized carbons (Fsp3) is 0.600. The summed E-state index contributed by atoms with van der Waals surface area (Å²) in [6.07, 6.45) is 3.03. The van der Waals surface area contributed by atoms with Crippen LogP contribution in [0.2, 0.25) is 0 Å². The lowest BCUT2D eigenvalue weighted by atomic mass is 10.2. The van der Waals surface area contributed by atoms with Crippen molar-refractivity contribution >= 4 is 42.1 Å². The van der Waals surface area contributed by atoms with E-state index in [4.69, 9.17) is 5.73 Å². The highest BCUT2D eigenvalue weighted by Crippen LogP contribution is 2.11. The molecule has 7 heteroatoms. The molecule has 0 unspecified atom stereocenters. The molecule has 3 N–H and O–H groups in total. The van der Waals surface area contributed by atoms with E-state index < -0.39 is 0 Å². The molecule has 0 aromatic carbocycles. The highest BCUT2D eigenvalue weighted by atomic mass is 35.5. The van der Waals surface area contributed by atoms with Crippen LogP contribution in [0.15, 0.2) is 5.38 Å². The second-order valence-corrected chi connectivity index (χ2v) is 4.34. The van der Waals surface area contributed by atoms with E-state index in [0.29, 0.717) is 6.54 Å². The number of amides is 1. The van der Waals surface area contributed by atoms with Gasteiger partial charge in [0.1, 0.15) is 0 Å². The van der Waals surface area contributed by atoms with Gasteiger partial charge in [0.2, 0.25) is 5.91 Å². The third kappa shape index (κ3) is 8.37. The second-order valence-electron chi connectivity index (χ2n) is 3.39. The van der Waals surface area contributed by atoms with E-state index in [1.54, 1.807) is 11.3 Å². The fourth-order valence-corrected chi connectivity index (χ4v) is 2.04. The van der Waals surface area contributed by atoms with E-state index in [9.17, 15) is 4.79 Å². The number of rotatable bonds is 6. The summed E-state index contributed by atoms with van der Waals surface area (Å²) in [5.41, 5.74) is 6.25. The molecule has 0 aliphatic rings. The summed E-state index contributed by atoms with van der Waals surface area (Å²) in [6, 6.07) is 0. The predicted molar refractivity (Wildman–Crippen MR) is 76.3 cm³/mol. The Labute approximate surface area is 118 Å². The number of carbonyl (C=O) groups excluding carboxylic acids is 1. The van der Waals surface area contributed by atoms with E-state index in [1.807, 2.05) is 6.92 Å². The Balaban J connectivity index is 0. The maximum Gasteiger partial charge on any atom is 0.233 e. The van der Waals surface area contributed by atoms with Crippen molar-refractivity contribution in [1.29, 1.82) is 0 Å². The zero-order valence-electron chi connectivity index (χ0n) is 9.77. The van der Waals surface area contributed by atoms with Gasteiger partial charge in [-0.15, -0.1) is 36.2 Å². The first-order chi connectivity index (χ1) is 7.22. The molecule has 1 amide bonds. The summed E-state index contributed by atoms with van der Waals surface area (Å²) < 4.78 is 0. The number of halogens is 2. The largest absolute Gasteiger partial charge is 0.355 e. The number of hydrogen-bond donors (Lipinski definition) is 2. The number of carbonyl (C=O) groups is 1.